The van der Waals surface area contributed by atoms with E-state index < -0.39 is 17.8 Å². The van der Waals surface area contributed by atoms with Crippen molar-refractivity contribution in [2.24, 2.45) is 5.92 Å². The molecule has 0 atom stereocenters. The summed E-state index contributed by atoms with van der Waals surface area (Å²) in [5, 5.41) is 0. The summed E-state index contributed by atoms with van der Waals surface area (Å²) < 4.78 is 7.44. The molecule has 1 aliphatic heterocycles. The van der Waals surface area contributed by atoms with Crippen molar-refractivity contribution in [3.63, 3.8) is 0 Å². The summed E-state index contributed by atoms with van der Waals surface area (Å²) in [7, 11) is 0. The summed E-state index contributed by atoms with van der Waals surface area (Å²) in [6, 6.07) is 6.19. The van der Waals surface area contributed by atoms with Crippen LogP contribution in [0.4, 0.5) is 5.69 Å². The first-order chi connectivity index (χ1) is 13.1. The number of carbonyl (C=O) groups is 3. The summed E-state index contributed by atoms with van der Waals surface area (Å²) >= 11 is 13.6. The molecule has 0 spiro atoms. The van der Waals surface area contributed by atoms with E-state index in [0.29, 0.717) is 35.7 Å². The first kappa shape index (κ1) is 21.7. The van der Waals surface area contributed by atoms with Crippen LogP contribution in [-0.4, -0.2) is 24.4 Å². The Morgan fingerprint density at radius 2 is 1.36 bits per heavy atom. The minimum Gasteiger partial charge on any atom is -0.462 e. The summed E-state index contributed by atoms with van der Waals surface area (Å²) in [6.07, 6.45) is 0. The van der Waals surface area contributed by atoms with Crippen LogP contribution in [0, 0.1) is 5.92 Å². The van der Waals surface area contributed by atoms with E-state index in [1.165, 1.54) is 12.1 Å². The number of benzene rings is 2. The molecule has 0 N–H and O–H groups in total. The Morgan fingerprint density at radius 3 is 1.79 bits per heavy atom. The smallest absolute Gasteiger partial charge is 0.338 e. The van der Waals surface area contributed by atoms with Gasteiger partial charge in [-0.05, 0) is 93.9 Å². The van der Waals surface area contributed by atoms with Crippen LogP contribution in [0.5, 0.6) is 0 Å². The molecule has 28 heavy (non-hydrogen) atoms. The zero-order chi connectivity index (χ0) is 20.7. The van der Waals surface area contributed by atoms with Crippen LogP contribution in [0.25, 0.3) is 0 Å². The number of imide groups is 1. The molecule has 3 rings (SSSR count). The standard InChI is InChI=1S/C19H13Br4NO4/c1-8(2)7-28-19(27)9-3-5-10(6-4-9)24-17(25)11-12(18(24)26)14(21)16(23)15(22)13(11)20/h3-6,8H,7H2,1-2H3. The largest absolute Gasteiger partial charge is 0.462 e. The monoisotopic (exact) mass is 635 g/mol. The third kappa shape index (κ3) is 3.74. The molecule has 146 valence electrons. The number of fused-ring (bicyclic) bond motifs is 1. The number of hydrogen-bond donors (Lipinski definition) is 0. The van der Waals surface area contributed by atoms with Crippen LogP contribution >= 0.6 is 63.7 Å². The van der Waals surface area contributed by atoms with Crippen molar-refractivity contribution in [2.75, 3.05) is 11.5 Å². The van der Waals surface area contributed by atoms with Crippen LogP contribution < -0.4 is 4.90 Å². The molecule has 0 radical (unpaired) electrons. The maximum Gasteiger partial charge on any atom is 0.338 e. The van der Waals surface area contributed by atoms with Gasteiger partial charge in [0.2, 0.25) is 0 Å². The normalized spacial score (nSPS) is 13.3. The van der Waals surface area contributed by atoms with Gasteiger partial charge in [0.15, 0.2) is 0 Å². The number of hydrogen-bond acceptors (Lipinski definition) is 4. The summed E-state index contributed by atoms with van der Waals surface area (Å²) in [5.74, 6) is -1.11. The molecule has 2 amide bonds. The molecule has 2 aromatic carbocycles. The maximum absolute atomic E-state index is 13.0. The Balaban J connectivity index is 1.94. The highest BCUT2D eigenvalue weighted by molar-refractivity contribution is 9.15. The number of nitrogens with zero attached hydrogens (tertiary/aromatic N) is 1. The van der Waals surface area contributed by atoms with Crippen molar-refractivity contribution in [1.82, 2.24) is 0 Å². The van der Waals surface area contributed by atoms with Crippen molar-refractivity contribution in [2.45, 2.75) is 13.8 Å². The molecule has 0 saturated carbocycles. The van der Waals surface area contributed by atoms with E-state index in [4.69, 9.17) is 4.74 Å². The summed E-state index contributed by atoms with van der Waals surface area (Å²) in [5.41, 5.74) is 1.27. The molecule has 0 aliphatic carbocycles. The van der Waals surface area contributed by atoms with Gasteiger partial charge in [0, 0.05) is 17.9 Å². The van der Waals surface area contributed by atoms with Crippen LogP contribution in [-0.2, 0) is 4.74 Å². The fourth-order valence-electron chi connectivity index (χ4n) is 2.66. The van der Waals surface area contributed by atoms with Crippen molar-refractivity contribution >= 4 is 87.2 Å². The fraction of sp³-hybridized carbons (Fsp3) is 0.211. The number of rotatable bonds is 4. The molecule has 1 heterocycles. The van der Waals surface area contributed by atoms with Gasteiger partial charge in [-0.3, -0.25) is 9.59 Å². The second-order valence-corrected chi connectivity index (χ2v) is 9.66. The fourth-order valence-corrected chi connectivity index (χ4v) is 5.11. The molecule has 1 aliphatic rings. The van der Waals surface area contributed by atoms with Crippen molar-refractivity contribution in [3.05, 3.63) is 58.8 Å². The Morgan fingerprint density at radius 1 is 0.893 bits per heavy atom. The lowest BCUT2D eigenvalue weighted by molar-refractivity contribution is 0.0459. The van der Waals surface area contributed by atoms with E-state index in [-0.39, 0.29) is 17.0 Å². The van der Waals surface area contributed by atoms with Gasteiger partial charge in [0.25, 0.3) is 11.8 Å². The van der Waals surface area contributed by atoms with Crippen molar-refractivity contribution in [3.8, 4) is 0 Å². The highest BCUT2D eigenvalue weighted by Crippen LogP contribution is 2.46. The lowest BCUT2D eigenvalue weighted by Gasteiger charge is -2.14. The Bertz CT molecular complexity index is 955. The van der Waals surface area contributed by atoms with E-state index in [1.54, 1.807) is 12.1 Å². The van der Waals surface area contributed by atoms with E-state index in [2.05, 4.69) is 63.7 Å². The summed E-state index contributed by atoms with van der Waals surface area (Å²) in [6.45, 7) is 4.22. The average Bonchev–Trinajstić information content (AvgIpc) is 2.93. The molecule has 5 nitrogen and oxygen atoms in total. The molecule has 0 aromatic heterocycles. The number of amides is 2. The van der Waals surface area contributed by atoms with Crippen molar-refractivity contribution < 1.29 is 19.1 Å². The van der Waals surface area contributed by atoms with E-state index in [9.17, 15) is 14.4 Å². The quantitative estimate of drug-likeness (QED) is 0.170. The maximum atomic E-state index is 13.0. The van der Waals surface area contributed by atoms with Crippen LogP contribution in [0.1, 0.15) is 44.9 Å². The van der Waals surface area contributed by atoms with Gasteiger partial charge in [-0.2, -0.15) is 0 Å². The van der Waals surface area contributed by atoms with Gasteiger partial charge in [0.05, 0.1) is 29.0 Å². The minimum atomic E-state index is -0.448. The van der Waals surface area contributed by atoms with Crippen LogP contribution in [0.3, 0.4) is 0 Å². The first-order valence-corrected chi connectivity index (χ1v) is 11.3. The second kappa shape index (κ2) is 8.38. The molecule has 0 bridgehead atoms. The molecular formula is C19H13Br4NO4. The zero-order valence-electron chi connectivity index (χ0n) is 14.7. The number of carbonyl (C=O) groups excluding carboxylic acids is 3. The number of esters is 1. The lowest BCUT2D eigenvalue weighted by Crippen LogP contribution is -2.29. The molecule has 9 heteroatoms. The minimum absolute atomic E-state index is 0.233. The first-order valence-electron chi connectivity index (χ1n) is 8.17. The van der Waals surface area contributed by atoms with Crippen molar-refractivity contribution in [1.29, 1.82) is 0 Å². The van der Waals surface area contributed by atoms with E-state index >= 15 is 0 Å². The van der Waals surface area contributed by atoms with E-state index in [1.807, 2.05) is 13.8 Å². The number of anilines is 1. The topological polar surface area (TPSA) is 63.7 Å². The predicted octanol–water partition coefficient (Wildman–Crippen LogP) is 6.35. The van der Waals surface area contributed by atoms with Gasteiger partial charge in [-0.15, -0.1) is 0 Å². The Kier molecular flexibility index (Phi) is 6.48. The van der Waals surface area contributed by atoms with Gasteiger partial charge < -0.3 is 4.74 Å². The summed E-state index contributed by atoms with van der Waals surface area (Å²) in [4.78, 5) is 39.1. The molecule has 0 unspecified atom stereocenters. The number of halogens is 4. The highest BCUT2D eigenvalue weighted by Gasteiger charge is 2.41. The Hall–Kier alpha value is -1.03. The highest BCUT2D eigenvalue weighted by atomic mass is 79.9. The second-order valence-electron chi connectivity index (χ2n) is 6.49. The van der Waals surface area contributed by atoms with Crippen LogP contribution in [0.2, 0.25) is 0 Å². The zero-order valence-corrected chi connectivity index (χ0v) is 21.0. The third-order valence-corrected chi connectivity index (χ3v) is 8.78. The molecular weight excluding hydrogens is 626 g/mol. The third-order valence-electron chi connectivity index (χ3n) is 4.01. The predicted molar refractivity (Wildman–Crippen MR) is 120 cm³/mol. The lowest BCUT2D eigenvalue weighted by atomic mass is 10.1. The molecule has 0 fully saturated rings. The molecule has 2 aromatic rings. The average molecular weight is 639 g/mol. The van der Waals surface area contributed by atoms with Gasteiger partial charge in [-0.25, -0.2) is 9.69 Å². The van der Waals surface area contributed by atoms with Gasteiger partial charge >= 0.3 is 5.97 Å². The number of ether oxygens (including phenoxy) is 1. The van der Waals surface area contributed by atoms with Gasteiger partial charge in [0.1, 0.15) is 0 Å². The van der Waals surface area contributed by atoms with E-state index in [0.717, 1.165) is 4.90 Å². The molecule has 0 saturated heterocycles. The van der Waals surface area contributed by atoms with Gasteiger partial charge in [-0.1, -0.05) is 13.8 Å². The SMILES string of the molecule is CC(C)COC(=O)c1ccc(N2C(=O)c3c(Br)c(Br)c(Br)c(Br)c3C2=O)cc1. The Labute approximate surface area is 195 Å². The van der Waals surface area contributed by atoms with Crippen LogP contribution in [0.15, 0.2) is 42.2 Å².